The van der Waals surface area contributed by atoms with Crippen LogP contribution in [-0.2, 0) is 24.4 Å². The molecule has 0 fully saturated rings. The Hall–Kier alpha value is -3.72. The number of rotatable bonds is 6. The molecule has 2 aromatic carbocycles. The Morgan fingerprint density at radius 1 is 1.12 bits per heavy atom. The molecule has 176 valence electrons. The molecule has 2 N–H and O–H groups in total. The van der Waals surface area contributed by atoms with E-state index in [2.05, 4.69) is 15.7 Å². The summed E-state index contributed by atoms with van der Waals surface area (Å²) in [5.41, 5.74) is 0.526. The van der Waals surface area contributed by atoms with Crippen molar-refractivity contribution in [2.45, 2.75) is 32.1 Å². The number of nitrogens with one attached hydrogen (secondary N) is 2. The highest BCUT2D eigenvalue weighted by Crippen LogP contribution is 2.26. The summed E-state index contributed by atoms with van der Waals surface area (Å²) in [7, 11) is 1.54. The van der Waals surface area contributed by atoms with E-state index >= 15 is 0 Å². The lowest BCUT2D eigenvalue weighted by molar-refractivity contribution is -0.132. The van der Waals surface area contributed by atoms with E-state index in [0.29, 0.717) is 5.02 Å². The van der Waals surface area contributed by atoms with Crippen molar-refractivity contribution in [1.82, 2.24) is 25.3 Å². The van der Waals surface area contributed by atoms with Gasteiger partial charge in [0.1, 0.15) is 17.1 Å². The number of nitrogens with zero attached hydrogens (tertiary/aromatic N) is 3. The summed E-state index contributed by atoms with van der Waals surface area (Å²) in [6, 6.07) is 14.3. The number of benzene rings is 2. The second-order valence-corrected chi connectivity index (χ2v) is 8.70. The molecule has 0 saturated heterocycles. The van der Waals surface area contributed by atoms with Crippen molar-refractivity contribution in [3.63, 3.8) is 0 Å². The second-order valence-electron chi connectivity index (χ2n) is 8.29. The molecule has 3 aromatic rings. The zero-order valence-corrected chi connectivity index (χ0v) is 19.4. The Kier molecular flexibility index (Phi) is 6.39. The molecule has 1 aromatic heterocycles. The summed E-state index contributed by atoms with van der Waals surface area (Å²) >= 11 is 6.13. The number of likely N-dealkylation sites (N-methyl/N-ethyl adjacent to an activating group) is 1. The van der Waals surface area contributed by atoms with Crippen LogP contribution in [0.4, 0.5) is 4.39 Å². The third-order valence-electron chi connectivity index (χ3n) is 5.99. The molecule has 10 heteroatoms. The Morgan fingerprint density at radius 2 is 1.82 bits per heavy atom. The summed E-state index contributed by atoms with van der Waals surface area (Å²) in [5.74, 6) is -1.64. The van der Waals surface area contributed by atoms with Crippen LogP contribution in [0.5, 0.6) is 0 Å². The first-order valence-electron chi connectivity index (χ1n) is 10.6. The quantitative estimate of drug-likeness (QED) is 0.563. The number of halogens is 2. The van der Waals surface area contributed by atoms with Crippen LogP contribution < -0.4 is 10.6 Å². The van der Waals surface area contributed by atoms with Gasteiger partial charge in [-0.1, -0.05) is 41.9 Å². The van der Waals surface area contributed by atoms with Gasteiger partial charge in [-0.15, -0.1) is 0 Å². The van der Waals surface area contributed by atoms with Gasteiger partial charge in [0.15, 0.2) is 5.69 Å². The minimum atomic E-state index is -1.23. The van der Waals surface area contributed by atoms with Crippen LogP contribution in [-0.4, -0.2) is 45.0 Å². The van der Waals surface area contributed by atoms with Crippen LogP contribution in [0.15, 0.2) is 54.6 Å². The van der Waals surface area contributed by atoms with Gasteiger partial charge < -0.3 is 15.5 Å². The number of carbonyl (C=O) groups is 3. The van der Waals surface area contributed by atoms with Crippen LogP contribution in [0, 0.1) is 5.82 Å². The van der Waals surface area contributed by atoms with Gasteiger partial charge in [-0.25, -0.2) is 4.39 Å². The van der Waals surface area contributed by atoms with Gasteiger partial charge in [0.05, 0.1) is 6.54 Å². The standard InChI is InChI=1S/C24H23ClFN5O3/c1-24(23(34)28-12-15-7-9-17(26)10-8-15)14-31-20(22(33)30(24)2)11-19(29-31)21(32)27-13-16-5-3-4-6-18(16)25/h3-11H,12-14H2,1-2H3,(H,27,32)(H,28,34). The Morgan fingerprint density at radius 3 is 2.53 bits per heavy atom. The highest BCUT2D eigenvalue weighted by Gasteiger charge is 2.46. The molecule has 4 rings (SSSR count). The van der Waals surface area contributed by atoms with Crippen molar-refractivity contribution in [3.05, 3.63) is 88.0 Å². The second kappa shape index (κ2) is 9.26. The minimum absolute atomic E-state index is 0.0671. The first-order valence-corrected chi connectivity index (χ1v) is 11.0. The first kappa shape index (κ1) is 23.4. The fourth-order valence-electron chi connectivity index (χ4n) is 3.72. The molecule has 0 aliphatic carbocycles. The van der Waals surface area contributed by atoms with Crippen LogP contribution in [0.1, 0.15) is 39.0 Å². The molecule has 2 heterocycles. The number of carbonyl (C=O) groups excluding carboxylic acids is 3. The lowest BCUT2D eigenvalue weighted by atomic mass is 9.96. The van der Waals surface area contributed by atoms with E-state index in [4.69, 9.17) is 11.6 Å². The molecule has 1 atom stereocenters. The fourth-order valence-corrected chi connectivity index (χ4v) is 3.92. The van der Waals surface area contributed by atoms with E-state index in [1.807, 2.05) is 6.07 Å². The summed E-state index contributed by atoms with van der Waals surface area (Å²) in [5, 5.41) is 10.4. The summed E-state index contributed by atoms with van der Waals surface area (Å²) < 4.78 is 14.5. The van der Waals surface area contributed by atoms with E-state index in [1.54, 1.807) is 37.3 Å². The topological polar surface area (TPSA) is 96.3 Å². The average molecular weight is 484 g/mol. The van der Waals surface area contributed by atoms with E-state index in [0.717, 1.165) is 11.1 Å². The number of amides is 3. The highest BCUT2D eigenvalue weighted by molar-refractivity contribution is 6.31. The molecule has 8 nitrogen and oxygen atoms in total. The van der Waals surface area contributed by atoms with Crippen molar-refractivity contribution in [2.75, 3.05) is 7.05 Å². The van der Waals surface area contributed by atoms with Crippen molar-refractivity contribution in [1.29, 1.82) is 0 Å². The predicted molar refractivity (Wildman–Crippen MR) is 124 cm³/mol. The Bertz CT molecular complexity index is 1260. The van der Waals surface area contributed by atoms with Crippen LogP contribution in [0.25, 0.3) is 0 Å². The van der Waals surface area contributed by atoms with Gasteiger partial charge in [-0.3, -0.25) is 19.1 Å². The van der Waals surface area contributed by atoms with E-state index < -0.39 is 23.3 Å². The van der Waals surface area contributed by atoms with Crippen molar-refractivity contribution < 1.29 is 18.8 Å². The Balaban J connectivity index is 1.47. The molecule has 34 heavy (non-hydrogen) atoms. The van der Waals surface area contributed by atoms with Crippen LogP contribution >= 0.6 is 11.6 Å². The largest absolute Gasteiger partial charge is 0.350 e. The normalized spacial score (nSPS) is 17.3. The third-order valence-corrected chi connectivity index (χ3v) is 6.36. The maximum absolute atomic E-state index is 13.1. The number of hydrogen-bond acceptors (Lipinski definition) is 4. The lowest BCUT2D eigenvalue weighted by Crippen LogP contribution is -2.62. The van der Waals surface area contributed by atoms with E-state index in [9.17, 15) is 18.8 Å². The minimum Gasteiger partial charge on any atom is -0.350 e. The van der Waals surface area contributed by atoms with Crippen LogP contribution in [0.3, 0.4) is 0 Å². The van der Waals surface area contributed by atoms with Gasteiger partial charge in [0.25, 0.3) is 11.8 Å². The third kappa shape index (κ3) is 4.51. The molecule has 0 spiro atoms. The maximum Gasteiger partial charge on any atom is 0.272 e. The van der Waals surface area contributed by atoms with Crippen LogP contribution in [0.2, 0.25) is 5.02 Å². The summed E-state index contributed by atoms with van der Waals surface area (Å²) in [6.07, 6.45) is 0. The predicted octanol–water partition coefficient (Wildman–Crippen LogP) is 2.77. The SMILES string of the molecule is CN1C(=O)c2cc(C(=O)NCc3ccccc3Cl)nn2CC1(C)C(=O)NCc1ccc(F)cc1. The van der Waals surface area contributed by atoms with Gasteiger partial charge in [-0.2, -0.15) is 5.10 Å². The summed E-state index contributed by atoms with van der Waals surface area (Å²) in [6.45, 7) is 2.08. The average Bonchev–Trinajstić information content (AvgIpc) is 3.25. The summed E-state index contributed by atoms with van der Waals surface area (Å²) in [4.78, 5) is 40.0. The number of fused-ring (bicyclic) bond motifs is 1. The monoisotopic (exact) mass is 483 g/mol. The molecule has 0 radical (unpaired) electrons. The molecular weight excluding hydrogens is 461 g/mol. The van der Waals surface area contributed by atoms with E-state index in [1.165, 1.54) is 34.8 Å². The number of aromatic nitrogens is 2. The first-order chi connectivity index (χ1) is 16.2. The molecular formula is C24H23ClFN5O3. The lowest BCUT2D eigenvalue weighted by Gasteiger charge is -2.40. The Labute approximate surface area is 200 Å². The smallest absolute Gasteiger partial charge is 0.272 e. The molecule has 1 aliphatic rings. The van der Waals surface area contributed by atoms with Gasteiger partial charge in [0.2, 0.25) is 5.91 Å². The molecule has 1 aliphatic heterocycles. The molecule has 1 unspecified atom stereocenters. The zero-order chi connectivity index (χ0) is 24.5. The molecule has 0 bridgehead atoms. The van der Waals surface area contributed by atoms with Gasteiger partial charge in [-0.05, 0) is 36.2 Å². The fraction of sp³-hybridized carbons (Fsp3) is 0.250. The van der Waals surface area contributed by atoms with Crippen molar-refractivity contribution in [3.8, 4) is 0 Å². The maximum atomic E-state index is 13.1. The molecule has 0 saturated carbocycles. The highest BCUT2D eigenvalue weighted by atomic mass is 35.5. The van der Waals surface area contributed by atoms with Gasteiger partial charge in [0, 0.05) is 31.2 Å². The van der Waals surface area contributed by atoms with E-state index in [-0.39, 0.29) is 36.8 Å². The van der Waals surface area contributed by atoms with Crippen molar-refractivity contribution >= 4 is 29.3 Å². The zero-order valence-electron chi connectivity index (χ0n) is 18.6. The molecule has 3 amide bonds. The van der Waals surface area contributed by atoms with Gasteiger partial charge >= 0.3 is 0 Å². The van der Waals surface area contributed by atoms with Crippen molar-refractivity contribution in [2.24, 2.45) is 0 Å². The number of hydrogen-bond donors (Lipinski definition) is 2.